The minimum Gasteiger partial charge on any atom is -0.399 e. The van der Waals surface area contributed by atoms with E-state index in [-0.39, 0.29) is 0 Å². The highest BCUT2D eigenvalue weighted by atomic mass is 14.8. The summed E-state index contributed by atoms with van der Waals surface area (Å²) in [4.78, 5) is 0. The molecule has 0 radical (unpaired) electrons. The van der Waals surface area contributed by atoms with E-state index in [1.54, 1.807) is 0 Å². The zero-order chi connectivity index (χ0) is 10.7. The van der Waals surface area contributed by atoms with Crippen LogP contribution >= 0.6 is 0 Å². The molecule has 3 N–H and O–H groups in total. The minimum absolute atomic E-state index is 0.664. The van der Waals surface area contributed by atoms with Crippen LogP contribution in [0.2, 0.25) is 0 Å². The standard InChI is InChI=1S/C13H20N2/c1-2-15-9-11-5-3-4-10-6-7-12(14)8-13(10)11/h6-8,11,15H,2-5,9,14H2,1H3. The number of rotatable bonds is 3. The zero-order valence-corrected chi connectivity index (χ0v) is 9.42. The lowest BCUT2D eigenvalue weighted by Crippen LogP contribution is -2.24. The highest BCUT2D eigenvalue weighted by molar-refractivity contribution is 5.47. The molecule has 0 spiro atoms. The molecule has 0 saturated carbocycles. The number of nitrogens with one attached hydrogen (secondary N) is 1. The molecule has 2 rings (SSSR count). The SMILES string of the molecule is CCNCC1CCCc2ccc(N)cc21. The van der Waals surface area contributed by atoms with E-state index in [1.165, 1.54) is 30.4 Å². The lowest BCUT2D eigenvalue weighted by Gasteiger charge is -2.26. The largest absolute Gasteiger partial charge is 0.399 e. The van der Waals surface area contributed by atoms with E-state index in [0.29, 0.717) is 5.92 Å². The number of fused-ring (bicyclic) bond motifs is 1. The van der Waals surface area contributed by atoms with Crippen LogP contribution in [0.3, 0.4) is 0 Å². The van der Waals surface area contributed by atoms with Gasteiger partial charge in [0.05, 0.1) is 0 Å². The summed E-state index contributed by atoms with van der Waals surface area (Å²) in [6.45, 7) is 4.30. The van der Waals surface area contributed by atoms with E-state index >= 15 is 0 Å². The number of nitrogens with two attached hydrogens (primary N) is 1. The first-order valence-corrected chi connectivity index (χ1v) is 5.90. The van der Waals surface area contributed by atoms with Crippen LogP contribution in [0.4, 0.5) is 5.69 Å². The molecule has 0 aliphatic heterocycles. The summed E-state index contributed by atoms with van der Waals surface area (Å²) in [5.41, 5.74) is 9.73. The molecule has 1 atom stereocenters. The van der Waals surface area contributed by atoms with E-state index in [0.717, 1.165) is 18.8 Å². The first-order valence-electron chi connectivity index (χ1n) is 5.90. The Kier molecular flexibility index (Phi) is 3.27. The van der Waals surface area contributed by atoms with Gasteiger partial charge >= 0.3 is 0 Å². The molecule has 0 amide bonds. The fourth-order valence-electron chi connectivity index (χ4n) is 2.45. The van der Waals surface area contributed by atoms with Gasteiger partial charge in [-0.3, -0.25) is 0 Å². The Hall–Kier alpha value is -1.02. The Balaban J connectivity index is 2.20. The fourth-order valence-corrected chi connectivity index (χ4v) is 2.45. The number of benzene rings is 1. The monoisotopic (exact) mass is 204 g/mol. The molecule has 0 bridgehead atoms. The van der Waals surface area contributed by atoms with Crippen molar-refractivity contribution in [3.05, 3.63) is 29.3 Å². The van der Waals surface area contributed by atoms with Crippen LogP contribution in [0.15, 0.2) is 18.2 Å². The predicted octanol–water partition coefficient (Wildman–Crippen LogP) is 2.30. The molecule has 1 aromatic carbocycles. The van der Waals surface area contributed by atoms with E-state index < -0.39 is 0 Å². The Morgan fingerprint density at radius 1 is 1.47 bits per heavy atom. The summed E-state index contributed by atoms with van der Waals surface area (Å²) >= 11 is 0. The molecule has 1 unspecified atom stereocenters. The fraction of sp³-hybridized carbons (Fsp3) is 0.538. The molecular formula is C13H20N2. The van der Waals surface area contributed by atoms with Crippen LogP contribution in [0, 0.1) is 0 Å². The van der Waals surface area contributed by atoms with Gasteiger partial charge in [0.2, 0.25) is 0 Å². The highest BCUT2D eigenvalue weighted by Crippen LogP contribution is 2.32. The normalized spacial score (nSPS) is 19.9. The Morgan fingerprint density at radius 3 is 3.13 bits per heavy atom. The lowest BCUT2D eigenvalue weighted by molar-refractivity contribution is 0.515. The number of aryl methyl sites for hydroxylation is 1. The second-order valence-electron chi connectivity index (χ2n) is 4.36. The third-order valence-electron chi connectivity index (χ3n) is 3.25. The van der Waals surface area contributed by atoms with Gasteiger partial charge in [-0.25, -0.2) is 0 Å². The van der Waals surface area contributed by atoms with Gasteiger partial charge in [0.1, 0.15) is 0 Å². The number of hydrogen-bond donors (Lipinski definition) is 2. The molecule has 0 fully saturated rings. The van der Waals surface area contributed by atoms with Crippen molar-refractivity contribution in [1.29, 1.82) is 0 Å². The first kappa shape index (κ1) is 10.5. The summed E-state index contributed by atoms with van der Waals surface area (Å²) in [6, 6.07) is 6.38. The van der Waals surface area contributed by atoms with Gasteiger partial charge in [-0.05, 0) is 55.0 Å². The van der Waals surface area contributed by atoms with Gasteiger partial charge < -0.3 is 11.1 Å². The number of nitrogen functional groups attached to an aromatic ring is 1. The molecule has 82 valence electrons. The molecule has 1 aliphatic rings. The number of hydrogen-bond acceptors (Lipinski definition) is 2. The summed E-state index contributed by atoms with van der Waals surface area (Å²) in [7, 11) is 0. The molecule has 0 heterocycles. The molecule has 15 heavy (non-hydrogen) atoms. The van der Waals surface area contributed by atoms with Crippen LogP contribution in [0.25, 0.3) is 0 Å². The average Bonchev–Trinajstić information content (AvgIpc) is 2.26. The third-order valence-corrected chi connectivity index (χ3v) is 3.25. The predicted molar refractivity (Wildman–Crippen MR) is 65.1 cm³/mol. The molecule has 1 aromatic rings. The van der Waals surface area contributed by atoms with Crippen LogP contribution in [0.1, 0.15) is 36.8 Å². The Labute approximate surface area is 91.9 Å². The van der Waals surface area contributed by atoms with Gasteiger partial charge in [-0.1, -0.05) is 13.0 Å². The number of likely N-dealkylation sites (N-methyl/N-ethyl adjacent to an activating group) is 1. The smallest absolute Gasteiger partial charge is 0.0317 e. The van der Waals surface area contributed by atoms with E-state index in [2.05, 4.69) is 24.4 Å². The topological polar surface area (TPSA) is 38.0 Å². The van der Waals surface area contributed by atoms with Crippen molar-refractivity contribution in [2.75, 3.05) is 18.8 Å². The van der Waals surface area contributed by atoms with Crippen molar-refractivity contribution in [2.45, 2.75) is 32.1 Å². The minimum atomic E-state index is 0.664. The van der Waals surface area contributed by atoms with Crippen LogP contribution in [-0.2, 0) is 6.42 Å². The van der Waals surface area contributed by atoms with Gasteiger partial charge in [-0.15, -0.1) is 0 Å². The summed E-state index contributed by atoms with van der Waals surface area (Å²) < 4.78 is 0. The zero-order valence-electron chi connectivity index (χ0n) is 9.42. The Morgan fingerprint density at radius 2 is 2.33 bits per heavy atom. The van der Waals surface area contributed by atoms with Crippen LogP contribution < -0.4 is 11.1 Å². The summed E-state index contributed by atoms with van der Waals surface area (Å²) in [6.07, 6.45) is 3.83. The lowest BCUT2D eigenvalue weighted by atomic mass is 9.82. The van der Waals surface area contributed by atoms with E-state index in [4.69, 9.17) is 5.73 Å². The van der Waals surface area contributed by atoms with Gasteiger partial charge in [0, 0.05) is 12.2 Å². The second-order valence-corrected chi connectivity index (χ2v) is 4.36. The molecular weight excluding hydrogens is 184 g/mol. The molecule has 2 heteroatoms. The third kappa shape index (κ3) is 2.32. The van der Waals surface area contributed by atoms with Crippen molar-refractivity contribution in [3.8, 4) is 0 Å². The van der Waals surface area contributed by atoms with Gasteiger partial charge in [0.15, 0.2) is 0 Å². The molecule has 1 aliphatic carbocycles. The van der Waals surface area contributed by atoms with Crippen molar-refractivity contribution in [2.24, 2.45) is 0 Å². The van der Waals surface area contributed by atoms with Crippen LogP contribution in [-0.4, -0.2) is 13.1 Å². The van der Waals surface area contributed by atoms with Crippen LogP contribution in [0.5, 0.6) is 0 Å². The maximum absolute atomic E-state index is 5.85. The summed E-state index contributed by atoms with van der Waals surface area (Å²) in [5, 5.41) is 3.44. The maximum atomic E-state index is 5.85. The van der Waals surface area contributed by atoms with Crippen molar-refractivity contribution in [1.82, 2.24) is 5.32 Å². The van der Waals surface area contributed by atoms with Crippen molar-refractivity contribution < 1.29 is 0 Å². The summed E-state index contributed by atoms with van der Waals surface area (Å²) in [5.74, 6) is 0.664. The average molecular weight is 204 g/mol. The maximum Gasteiger partial charge on any atom is 0.0317 e. The highest BCUT2D eigenvalue weighted by Gasteiger charge is 2.19. The first-order chi connectivity index (χ1) is 7.31. The van der Waals surface area contributed by atoms with Gasteiger partial charge in [0.25, 0.3) is 0 Å². The molecule has 0 aromatic heterocycles. The molecule has 2 nitrogen and oxygen atoms in total. The quantitative estimate of drug-likeness (QED) is 0.741. The van der Waals surface area contributed by atoms with E-state index in [9.17, 15) is 0 Å². The van der Waals surface area contributed by atoms with Crippen molar-refractivity contribution >= 4 is 5.69 Å². The second kappa shape index (κ2) is 4.67. The molecule has 0 saturated heterocycles. The Bertz CT molecular complexity index is 333. The van der Waals surface area contributed by atoms with Crippen molar-refractivity contribution in [3.63, 3.8) is 0 Å². The van der Waals surface area contributed by atoms with E-state index in [1.807, 2.05) is 6.07 Å². The van der Waals surface area contributed by atoms with Gasteiger partial charge in [-0.2, -0.15) is 0 Å². The number of anilines is 1.